The topological polar surface area (TPSA) is 101 Å². The van der Waals surface area contributed by atoms with Crippen molar-refractivity contribution in [2.45, 2.75) is 40.2 Å². The lowest BCUT2D eigenvalue weighted by Gasteiger charge is -2.38. The molecule has 2 aromatic carbocycles. The molecule has 0 radical (unpaired) electrons. The van der Waals surface area contributed by atoms with E-state index in [-0.39, 0.29) is 25.3 Å². The minimum Gasteiger partial charge on any atom is -0.463 e. The van der Waals surface area contributed by atoms with Crippen LogP contribution in [0.5, 0.6) is 11.5 Å². The van der Waals surface area contributed by atoms with E-state index in [2.05, 4.69) is 16.3 Å². The Morgan fingerprint density at radius 2 is 1.80 bits per heavy atom. The van der Waals surface area contributed by atoms with Gasteiger partial charge in [-0.3, -0.25) is 14.6 Å². The van der Waals surface area contributed by atoms with E-state index in [4.69, 9.17) is 14.2 Å². The number of carbonyl (C=O) groups is 3. The van der Waals surface area contributed by atoms with Crippen LogP contribution < -0.4 is 14.8 Å². The molecule has 1 saturated heterocycles. The minimum absolute atomic E-state index is 0.0567. The fraction of sp³-hybridized carbons (Fsp3) is 0.452. The first kappa shape index (κ1) is 28.5. The molecule has 3 aliphatic heterocycles. The van der Waals surface area contributed by atoms with Crippen molar-refractivity contribution in [3.8, 4) is 11.5 Å². The normalized spacial score (nSPS) is 19.2. The molecule has 1 unspecified atom stereocenters. The second-order valence-electron chi connectivity index (χ2n) is 10.6. The Labute approximate surface area is 240 Å². The molecule has 1 fully saturated rings. The average Bonchev–Trinajstić information content (AvgIpc) is 3.30. The van der Waals surface area contributed by atoms with Crippen LogP contribution in [0.15, 0.2) is 47.7 Å². The van der Waals surface area contributed by atoms with Crippen LogP contribution in [-0.2, 0) is 9.53 Å². The fourth-order valence-corrected chi connectivity index (χ4v) is 5.80. The highest BCUT2D eigenvalue weighted by molar-refractivity contribution is 5.96. The van der Waals surface area contributed by atoms with E-state index >= 15 is 0 Å². The molecule has 0 bridgehead atoms. The van der Waals surface area contributed by atoms with Gasteiger partial charge in [0.05, 0.1) is 18.2 Å². The van der Waals surface area contributed by atoms with Crippen LogP contribution in [0.1, 0.15) is 53.4 Å². The van der Waals surface area contributed by atoms with Gasteiger partial charge in [0, 0.05) is 50.5 Å². The van der Waals surface area contributed by atoms with Gasteiger partial charge in [-0.2, -0.15) is 0 Å². The standard InChI is InChI=1S/C31H38N4O6/c1-5-35-24(27(30(37)39-6-2)28(32-31(35)38)23-10-8-20(3)16-21(23)4)18-33-12-7-13-34(15-14-33)29(36)22-9-11-25-26(17-22)41-19-40-25/h8-11,16-17,28H,5-7,12-15,18-19H2,1-4H3,(H,32,38). The molecule has 41 heavy (non-hydrogen) atoms. The zero-order valence-electron chi connectivity index (χ0n) is 24.2. The zero-order chi connectivity index (χ0) is 29.1. The molecule has 3 amide bonds. The van der Waals surface area contributed by atoms with Crippen LogP contribution in [0, 0.1) is 13.8 Å². The summed E-state index contributed by atoms with van der Waals surface area (Å²) in [5.41, 5.74) is 4.64. The van der Waals surface area contributed by atoms with Crippen LogP contribution in [0.4, 0.5) is 4.79 Å². The Morgan fingerprint density at radius 3 is 2.56 bits per heavy atom. The van der Waals surface area contributed by atoms with Gasteiger partial charge in [-0.25, -0.2) is 9.59 Å². The molecular formula is C31H38N4O6. The summed E-state index contributed by atoms with van der Waals surface area (Å²) >= 11 is 0. The first-order valence-electron chi connectivity index (χ1n) is 14.3. The van der Waals surface area contributed by atoms with Crippen molar-refractivity contribution < 1.29 is 28.6 Å². The molecular weight excluding hydrogens is 524 g/mol. The summed E-state index contributed by atoms with van der Waals surface area (Å²) in [6, 6.07) is 10.4. The summed E-state index contributed by atoms with van der Waals surface area (Å²) < 4.78 is 16.4. The molecule has 1 N–H and O–H groups in total. The lowest BCUT2D eigenvalue weighted by molar-refractivity contribution is -0.139. The van der Waals surface area contributed by atoms with Crippen molar-refractivity contribution in [1.29, 1.82) is 0 Å². The number of likely N-dealkylation sites (N-methyl/N-ethyl adjacent to an activating group) is 1. The highest BCUT2D eigenvalue weighted by Gasteiger charge is 2.39. The molecule has 3 aliphatic rings. The predicted octanol–water partition coefficient (Wildman–Crippen LogP) is 3.78. The number of nitrogens with one attached hydrogen (secondary N) is 1. The largest absolute Gasteiger partial charge is 0.463 e. The molecule has 0 spiro atoms. The zero-order valence-corrected chi connectivity index (χ0v) is 24.2. The number of esters is 1. The first-order valence-corrected chi connectivity index (χ1v) is 14.3. The van der Waals surface area contributed by atoms with Crippen molar-refractivity contribution in [2.24, 2.45) is 0 Å². The summed E-state index contributed by atoms with van der Waals surface area (Å²) in [5, 5.41) is 3.06. The Bertz CT molecular complexity index is 1370. The average molecular weight is 563 g/mol. The predicted molar refractivity (Wildman–Crippen MR) is 153 cm³/mol. The SMILES string of the molecule is CCOC(=O)C1=C(CN2CCCN(C(=O)c3ccc4c(c3)OCO4)CC2)N(CC)C(=O)NC1c1ccc(C)cc1C. The molecule has 1 atom stereocenters. The number of nitrogens with zero attached hydrogens (tertiary/aromatic N) is 3. The number of fused-ring (bicyclic) bond motifs is 1. The number of amides is 3. The summed E-state index contributed by atoms with van der Waals surface area (Å²) in [7, 11) is 0. The number of hydrogen-bond acceptors (Lipinski definition) is 7. The van der Waals surface area contributed by atoms with Crippen LogP contribution in [-0.4, -0.2) is 85.3 Å². The van der Waals surface area contributed by atoms with E-state index < -0.39 is 12.0 Å². The maximum atomic E-state index is 13.5. The molecule has 3 heterocycles. The lowest BCUT2D eigenvalue weighted by Crippen LogP contribution is -2.51. The number of hydrogen-bond donors (Lipinski definition) is 1. The van der Waals surface area contributed by atoms with Crippen molar-refractivity contribution in [1.82, 2.24) is 20.0 Å². The van der Waals surface area contributed by atoms with Crippen LogP contribution in [0.3, 0.4) is 0 Å². The third-order valence-corrected chi connectivity index (χ3v) is 7.85. The molecule has 0 aliphatic carbocycles. The van der Waals surface area contributed by atoms with Gasteiger partial charge in [0.2, 0.25) is 6.79 Å². The number of urea groups is 1. The van der Waals surface area contributed by atoms with E-state index in [0.717, 1.165) is 29.7 Å². The maximum absolute atomic E-state index is 13.5. The van der Waals surface area contributed by atoms with Crippen LogP contribution in [0.25, 0.3) is 0 Å². The summed E-state index contributed by atoms with van der Waals surface area (Å²) in [4.78, 5) is 45.9. The molecule has 2 aromatic rings. The van der Waals surface area contributed by atoms with Gasteiger partial charge in [0.25, 0.3) is 5.91 Å². The van der Waals surface area contributed by atoms with E-state index in [1.165, 1.54) is 0 Å². The molecule has 10 nitrogen and oxygen atoms in total. The number of carbonyl (C=O) groups excluding carboxylic acids is 3. The second-order valence-corrected chi connectivity index (χ2v) is 10.6. The monoisotopic (exact) mass is 562 g/mol. The number of rotatable bonds is 7. The molecule has 0 saturated carbocycles. The van der Waals surface area contributed by atoms with E-state index in [1.54, 1.807) is 30.0 Å². The highest BCUT2D eigenvalue weighted by Crippen LogP contribution is 2.35. The minimum atomic E-state index is -0.615. The van der Waals surface area contributed by atoms with Crippen molar-refractivity contribution in [2.75, 3.05) is 52.7 Å². The summed E-state index contributed by atoms with van der Waals surface area (Å²) in [5.74, 6) is 0.740. The van der Waals surface area contributed by atoms with E-state index in [1.807, 2.05) is 37.8 Å². The van der Waals surface area contributed by atoms with Gasteiger partial charge in [0.1, 0.15) is 0 Å². The summed E-state index contributed by atoms with van der Waals surface area (Å²) in [6.07, 6.45) is 0.761. The highest BCUT2D eigenvalue weighted by atomic mass is 16.7. The number of aryl methyl sites for hydroxylation is 2. The summed E-state index contributed by atoms with van der Waals surface area (Å²) in [6.45, 7) is 11.3. The number of ether oxygens (including phenoxy) is 3. The Kier molecular flexibility index (Phi) is 8.49. The van der Waals surface area contributed by atoms with Crippen molar-refractivity contribution in [3.63, 3.8) is 0 Å². The van der Waals surface area contributed by atoms with Crippen LogP contribution in [0.2, 0.25) is 0 Å². The van der Waals surface area contributed by atoms with Gasteiger partial charge < -0.3 is 24.4 Å². The van der Waals surface area contributed by atoms with Gasteiger partial charge in [0.15, 0.2) is 11.5 Å². The van der Waals surface area contributed by atoms with E-state index in [0.29, 0.717) is 61.1 Å². The molecule has 10 heteroatoms. The van der Waals surface area contributed by atoms with Gasteiger partial charge in [-0.1, -0.05) is 23.8 Å². The number of benzene rings is 2. The van der Waals surface area contributed by atoms with Gasteiger partial charge in [-0.15, -0.1) is 0 Å². The molecule has 5 rings (SSSR count). The Morgan fingerprint density at radius 1 is 1.00 bits per heavy atom. The Balaban J connectivity index is 1.41. The van der Waals surface area contributed by atoms with Gasteiger partial charge >= 0.3 is 12.0 Å². The van der Waals surface area contributed by atoms with Gasteiger partial charge in [-0.05, 0) is 63.4 Å². The first-order chi connectivity index (χ1) is 19.8. The second kappa shape index (κ2) is 12.2. The maximum Gasteiger partial charge on any atom is 0.338 e. The third-order valence-electron chi connectivity index (χ3n) is 7.85. The van der Waals surface area contributed by atoms with Crippen LogP contribution >= 0.6 is 0 Å². The van der Waals surface area contributed by atoms with Crippen molar-refractivity contribution in [3.05, 3.63) is 69.9 Å². The quantitative estimate of drug-likeness (QED) is 0.513. The lowest BCUT2D eigenvalue weighted by atomic mass is 9.90. The Hall–Kier alpha value is -4.05. The fourth-order valence-electron chi connectivity index (χ4n) is 5.80. The third kappa shape index (κ3) is 5.88. The molecule has 218 valence electrons. The smallest absolute Gasteiger partial charge is 0.338 e. The molecule has 0 aromatic heterocycles. The van der Waals surface area contributed by atoms with E-state index in [9.17, 15) is 14.4 Å². The van der Waals surface area contributed by atoms with Crippen molar-refractivity contribution >= 4 is 17.9 Å².